The van der Waals surface area contributed by atoms with Crippen LogP contribution in [-0.2, 0) is 0 Å². The van der Waals surface area contributed by atoms with Gasteiger partial charge in [-0.15, -0.1) is 22.7 Å². The van der Waals surface area contributed by atoms with E-state index in [4.69, 9.17) is 0 Å². The van der Waals surface area contributed by atoms with E-state index in [9.17, 15) is 0 Å². The van der Waals surface area contributed by atoms with Crippen LogP contribution < -0.4 is 0 Å². The van der Waals surface area contributed by atoms with Gasteiger partial charge < -0.3 is 0 Å². The third-order valence-corrected chi connectivity index (χ3v) is 8.56. The summed E-state index contributed by atoms with van der Waals surface area (Å²) in [7, 11) is 0. The molecule has 2 heterocycles. The molecule has 0 radical (unpaired) electrons. The van der Waals surface area contributed by atoms with Crippen molar-refractivity contribution >= 4 is 63.7 Å². The Morgan fingerprint density at radius 2 is 1.16 bits per heavy atom. The molecule has 2 heteroatoms. The Kier molecular flexibility index (Phi) is 3.98. The van der Waals surface area contributed by atoms with Gasteiger partial charge in [-0.3, -0.25) is 0 Å². The molecule has 32 heavy (non-hydrogen) atoms. The Bertz CT molecular complexity index is 1740. The molecule has 0 N–H and O–H groups in total. The van der Waals surface area contributed by atoms with Crippen LogP contribution in [-0.4, -0.2) is 0 Å². The topological polar surface area (TPSA) is 0 Å². The quantitative estimate of drug-likeness (QED) is 0.250. The molecule has 0 saturated carbocycles. The van der Waals surface area contributed by atoms with Crippen LogP contribution in [0.3, 0.4) is 0 Å². The number of fused-ring (bicyclic) bond motifs is 5. The van der Waals surface area contributed by atoms with Crippen LogP contribution in [0.5, 0.6) is 0 Å². The van der Waals surface area contributed by atoms with Crippen LogP contribution in [0.25, 0.3) is 62.6 Å². The fraction of sp³-hybridized carbons (Fsp3) is 0. The average Bonchev–Trinajstić information content (AvgIpc) is 3.44. The van der Waals surface area contributed by atoms with Crippen molar-refractivity contribution in [3.63, 3.8) is 0 Å². The largest absolute Gasteiger partial charge is 0.135 e. The maximum atomic E-state index is 2.37. The first-order valence-corrected chi connectivity index (χ1v) is 12.4. The van der Waals surface area contributed by atoms with Crippen molar-refractivity contribution in [3.05, 3.63) is 109 Å². The maximum absolute atomic E-state index is 2.37. The summed E-state index contributed by atoms with van der Waals surface area (Å²) in [5.41, 5.74) is 3.97. The molecule has 0 unspecified atom stereocenters. The zero-order valence-corrected chi connectivity index (χ0v) is 18.8. The van der Waals surface area contributed by atoms with Crippen molar-refractivity contribution in [1.29, 1.82) is 0 Å². The molecule has 2 aromatic heterocycles. The van der Waals surface area contributed by atoms with Crippen LogP contribution in [0.1, 0.15) is 0 Å². The Balaban J connectivity index is 1.67. The van der Waals surface area contributed by atoms with E-state index in [0.29, 0.717) is 0 Å². The summed E-state index contributed by atoms with van der Waals surface area (Å²) in [6.07, 6.45) is 0. The summed E-state index contributed by atoms with van der Waals surface area (Å²) < 4.78 is 4.03. The second-order valence-electron chi connectivity index (χ2n) is 8.13. The highest BCUT2D eigenvalue weighted by atomic mass is 32.1. The molecule has 0 spiro atoms. The van der Waals surface area contributed by atoms with E-state index in [0.717, 1.165) is 0 Å². The molecule has 0 bridgehead atoms. The summed E-state index contributed by atoms with van der Waals surface area (Å²) in [5, 5.41) is 6.62. The van der Waals surface area contributed by atoms with Crippen LogP contribution in [0, 0.1) is 0 Å². The van der Waals surface area contributed by atoms with Gasteiger partial charge in [0.05, 0.1) is 0 Å². The molecule has 0 atom stereocenters. The number of hydrogen-bond acceptors (Lipinski definition) is 2. The SMILES string of the molecule is c1ccc2sc(-c3c(-c4cccc5ccccc45)ccc4sc5ccccc5c34)cc2c1. The van der Waals surface area contributed by atoms with Crippen molar-refractivity contribution < 1.29 is 0 Å². The first-order chi connectivity index (χ1) is 15.9. The van der Waals surface area contributed by atoms with E-state index in [1.54, 1.807) is 0 Å². The minimum Gasteiger partial charge on any atom is -0.135 e. The molecular weight excluding hydrogens is 424 g/mol. The highest BCUT2D eigenvalue weighted by Gasteiger charge is 2.19. The van der Waals surface area contributed by atoms with Gasteiger partial charge in [0.25, 0.3) is 0 Å². The Hall–Kier alpha value is -3.46. The lowest BCUT2D eigenvalue weighted by molar-refractivity contribution is 1.69. The van der Waals surface area contributed by atoms with E-state index in [1.807, 2.05) is 22.7 Å². The van der Waals surface area contributed by atoms with Crippen molar-refractivity contribution in [2.75, 3.05) is 0 Å². The number of rotatable bonds is 2. The van der Waals surface area contributed by atoms with Crippen molar-refractivity contribution in [1.82, 2.24) is 0 Å². The second kappa shape index (κ2) is 7.03. The van der Waals surface area contributed by atoms with Crippen LogP contribution in [0.2, 0.25) is 0 Å². The van der Waals surface area contributed by atoms with Crippen LogP contribution in [0.15, 0.2) is 109 Å². The number of benzene rings is 5. The van der Waals surface area contributed by atoms with Gasteiger partial charge >= 0.3 is 0 Å². The third kappa shape index (κ3) is 2.67. The lowest BCUT2D eigenvalue weighted by Crippen LogP contribution is -1.86. The predicted octanol–water partition coefficient (Wildman–Crippen LogP) is 9.76. The molecular formula is C30H18S2. The molecule has 7 aromatic rings. The van der Waals surface area contributed by atoms with Gasteiger partial charge in [-0.25, -0.2) is 0 Å². The minimum absolute atomic E-state index is 1.28. The summed E-state index contributed by atoms with van der Waals surface area (Å²) in [6, 6.07) is 39.9. The van der Waals surface area contributed by atoms with Crippen molar-refractivity contribution in [3.8, 4) is 21.6 Å². The lowest BCUT2D eigenvalue weighted by atomic mass is 9.91. The first-order valence-electron chi connectivity index (χ1n) is 10.8. The van der Waals surface area contributed by atoms with Crippen molar-refractivity contribution in [2.24, 2.45) is 0 Å². The monoisotopic (exact) mass is 442 g/mol. The molecule has 0 aliphatic rings. The van der Waals surface area contributed by atoms with E-state index >= 15 is 0 Å². The first kappa shape index (κ1) is 18.1. The zero-order chi connectivity index (χ0) is 21.1. The van der Waals surface area contributed by atoms with Gasteiger partial charge in [0.1, 0.15) is 0 Å². The summed E-state index contributed by atoms with van der Waals surface area (Å²) in [4.78, 5) is 1.34. The zero-order valence-electron chi connectivity index (χ0n) is 17.2. The van der Waals surface area contributed by atoms with Gasteiger partial charge in [-0.05, 0) is 51.6 Å². The molecule has 5 aromatic carbocycles. The molecule has 0 aliphatic heterocycles. The van der Waals surface area contributed by atoms with E-state index < -0.39 is 0 Å². The van der Waals surface area contributed by atoms with E-state index in [2.05, 4.69) is 109 Å². The fourth-order valence-corrected chi connectivity index (χ4v) is 7.10. The normalized spacial score (nSPS) is 11.8. The Morgan fingerprint density at radius 3 is 2.03 bits per heavy atom. The van der Waals surface area contributed by atoms with Gasteiger partial charge in [0.15, 0.2) is 0 Å². The molecule has 0 saturated heterocycles. The Morgan fingerprint density at radius 1 is 0.438 bits per heavy atom. The minimum atomic E-state index is 1.28. The van der Waals surface area contributed by atoms with E-state index in [-0.39, 0.29) is 0 Å². The second-order valence-corrected chi connectivity index (χ2v) is 10.3. The van der Waals surface area contributed by atoms with Gasteiger partial charge in [-0.1, -0.05) is 84.9 Å². The van der Waals surface area contributed by atoms with Gasteiger partial charge in [-0.2, -0.15) is 0 Å². The molecule has 0 fully saturated rings. The van der Waals surface area contributed by atoms with E-state index in [1.165, 1.54) is 62.6 Å². The Labute approximate surface area is 194 Å². The molecule has 0 nitrogen and oxygen atoms in total. The molecule has 150 valence electrons. The van der Waals surface area contributed by atoms with Gasteiger partial charge in [0.2, 0.25) is 0 Å². The molecule has 0 aliphatic carbocycles. The average molecular weight is 443 g/mol. The highest BCUT2D eigenvalue weighted by molar-refractivity contribution is 7.26. The van der Waals surface area contributed by atoms with Crippen molar-refractivity contribution in [2.45, 2.75) is 0 Å². The third-order valence-electron chi connectivity index (χ3n) is 6.30. The predicted molar refractivity (Wildman–Crippen MR) is 143 cm³/mol. The fourth-order valence-electron chi connectivity index (χ4n) is 4.86. The van der Waals surface area contributed by atoms with Crippen LogP contribution in [0.4, 0.5) is 0 Å². The highest BCUT2D eigenvalue weighted by Crippen LogP contribution is 2.48. The summed E-state index contributed by atoms with van der Waals surface area (Å²) in [5.74, 6) is 0. The standard InChI is InChI=1S/C30H18S2/c1-3-11-21-19(8-1)10-7-13-22(21)23-16-17-27-30(24-12-4-6-15-26(24)32-27)29(23)28-18-20-9-2-5-14-25(20)31-28/h1-18H. The van der Waals surface area contributed by atoms with Gasteiger partial charge in [0, 0.05) is 35.3 Å². The number of thiophene rings is 2. The lowest BCUT2D eigenvalue weighted by Gasteiger charge is -2.13. The summed E-state index contributed by atoms with van der Waals surface area (Å²) in [6.45, 7) is 0. The van der Waals surface area contributed by atoms with Crippen LogP contribution >= 0.6 is 22.7 Å². The summed E-state index contributed by atoms with van der Waals surface area (Å²) >= 11 is 3.79. The molecule has 7 rings (SSSR count). The molecule has 0 amide bonds. The maximum Gasteiger partial charge on any atom is 0.0368 e. The smallest absolute Gasteiger partial charge is 0.0368 e. The number of hydrogen-bond donors (Lipinski definition) is 0.